The first-order valence-corrected chi connectivity index (χ1v) is 14.9. The molecular formula is C36H44N4O2Zr. The molecule has 0 bridgehead atoms. The maximum atomic E-state index is 10.3. The number of hydrogen-bond donors (Lipinski definition) is 0. The van der Waals surface area contributed by atoms with Gasteiger partial charge in [0.2, 0.25) is 0 Å². The number of para-hydroxylation sites is 2. The second-order valence-corrected chi connectivity index (χ2v) is 10.2. The van der Waals surface area contributed by atoms with Gasteiger partial charge < -0.3 is 30.6 Å². The maximum absolute atomic E-state index is 10.3. The van der Waals surface area contributed by atoms with E-state index >= 15 is 0 Å². The van der Waals surface area contributed by atoms with Crippen LogP contribution in [0.15, 0.2) is 121 Å². The van der Waals surface area contributed by atoms with Crippen LogP contribution >= 0.6 is 0 Å². The average Bonchev–Trinajstić information content (AvgIpc) is 3.02. The van der Waals surface area contributed by atoms with Crippen molar-refractivity contribution in [2.75, 3.05) is 52.4 Å². The molecule has 1 aliphatic rings. The first-order valence-electron chi connectivity index (χ1n) is 14.9. The molecule has 43 heavy (non-hydrogen) atoms. The van der Waals surface area contributed by atoms with Crippen LogP contribution < -0.4 is 10.2 Å². The van der Waals surface area contributed by atoms with Gasteiger partial charge >= 0.3 is 26.2 Å². The van der Waals surface area contributed by atoms with Crippen molar-refractivity contribution >= 4 is 0 Å². The zero-order valence-corrected chi connectivity index (χ0v) is 27.6. The molecule has 0 unspecified atom stereocenters. The molecule has 1 aliphatic heterocycles. The van der Waals surface area contributed by atoms with E-state index < -0.39 is 0 Å². The third-order valence-corrected chi connectivity index (χ3v) is 6.71. The Morgan fingerprint density at radius 2 is 0.767 bits per heavy atom. The van der Waals surface area contributed by atoms with E-state index in [0.717, 1.165) is 78.3 Å². The summed E-state index contributed by atoms with van der Waals surface area (Å²) in [5.74, 6) is 0.144. The van der Waals surface area contributed by atoms with Crippen LogP contribution in [0.25, 0.3) is 10.6 Å². The standard InChI is InChI=1S/C24H34N4.2C6H6O.Zr/c1-3-9-23(10-4-1)21-27-17-7-13-26-16-20-28(18-8-14-25-15-19-27)22-24-11-5-2-6-12-24;2*7-6-4-2-1-3-5-6;/h1-6,9-12H,7-8,13-22H2;2*1-5,7H;/q-2;;;+4/p-2. The zero-order chi connectivity index (χ0) is 29.5. The minimum absolute atomic E-state index is 0. The van der Waals surface area contributed by atoms with Crippen LogP contribution in [0.1, 0.15) is 24.0 Å². The summed E-state index contributed by atoms with van der Waals surface area (Å²) < 4.78 is 0. The average molecular weight is 656 g/mol. The predicted molar refractivity (Wildman–Crippen MR) is 171 cm³/mol. The van der Waals surface area contributed by atoms with Crippen LogP contribution in [0.4, 0.5) is 0 Å². The summed E-state index contributed by atoms with van der Waals surface area (Å²) in [6.07, 6.45) is 2.26. The Morgan fingerprint density at radius 1 is 0.442 bits per heavy atom. The van der Waals surface area contributed by atoms with Gasteiger partial charge in [-0.2, -0.15) is 0 Å². The second-order valence-electron chi connectivity index (χ2n) is 10.2. The Morgan fingerprint density at radius 3 is 1.07 bits per heavy atom. The quantitative estimate of drug-likeness (QED) is 0.268. The van der Waals surface area contributed by atoms with Gasteiger partial charge in [0.25, 0.3) is 0 Å². The van der Waals surface area contributed by atoms with Gasteiger partial charge in [-0.15, -0.1) is 37.7 Å². The van der Waals surface area contributed by atoms with Crippen LogP contribution in [0.2, 0.25) is 0 Å². The van der Waals surface area contributed by atoms with Gasteiger partial charge in [0.05, 0.1) is 0 Å². The van der Waals surface area contributed by atoms with Crippen molar-refractivity contribution in [2.24, 2.45) is 0 Å². The minimum atomic E-state index is 0. The molecule has 0 saturated carbocycles. The molecule has 0 radical (unpaired) electrons. The third-order valence-electron chi connectivity index (χ3n) is 6.71. The molecule has 4 aromatic carbocycles. The van der Waals surface area contributed by atoms with E-state index in [1.54, 1.807) is 24.3 Å². The molecule has 0 amide bonds. The van der Waals surface area contributed by atoms with Gasteiger partial charge in [-0.1, -0.05) is 134 Å². The number of benzene rings is 4. The van der Waals surface area contributed by atoms with Crippen molar-refractivity contribution in [3.05, 3.63) is 143 Å². The monoisotopic (exact) mass is 654 g/mol. The van der Waals surface area contributed by atoms with Gasteiger partial charge in [0.15, 0.2) is 0 Å². The van der Waals surface area contributed by atoms with Crippen molar-refractivity contribution in [3.8, 4) is 11.5 Å². The fourth-order valence-electron chi connectivity index (χ4n) is 4.52. The molecule has 1 heterocycles. The Hall–Kier alpha value is -2.80. The van der Waals surface area contributed by atoms with Gasteiger partial charge in [0.1, 0.15) is 0 Å². The van der Waals surface area contributed by atoms with Crippen molar-refractivity contribution in [3.63, 3.8) is 0 Å². The summed E-state index contributed by atoms with van der Waals surface area (Å²) in [5, 5.41) is 30.1. The van der Waals surface area contributed by atoms with Crippen LogP contribution in [-0.4, -0.2) is 62.2 Å². The molecule has 0 spiro atoms. The fraction of sp³-hybridized carbons (Fsp3) is 0.333. The molecule has 0 N–H and O–H groups in total. The maximum Gasteiger partial charge on any atom is 4.00 e. The van der Waals surface area contributed by atoms with Crippen LogP contribution in [0.5, 0.6) is 11.5 Å². The SMILES string of the molecule is [O-]c1ccccc1.[O-]c1ccccc1.[Zr+4].c1ccc(CN2CCC[N-]CCN(Cc3ccccc3)CCC[N-]CC2)cc1. The molecule has 1 fully saturated rings. The summed E-state index contributed by atoms with van der Waals surface area (Å²) in [4.78, 5) is 5.06. The second kappa shape index (κ2) is 23.6. The van der Waals surface area contributed by atoms with Gasteiger partial charge in [-0.05, 0) is 37.3 Å². The van der Waals surface area contributed by atoms with Crippen molar-refractivity contribution in [1.29, 1.82) is 0 Å². The molecule has 0 atom stereocenters. The van der Waals surface area contributed by atoms with Crippen molar-refractivity contribution in [2.45, 2.75) is 25.9 Å². The summed E-state index contributed by atoms with van der Waals surface area (Å²) >= 11 is 0. The molecular weight excluding hydrogens is 612 g/mol. The van der Waals surface area contributed by atoms with E-state index in [-0.39, 0.29) is 37.7 Å². The number of nitrogens with zero attached hydrogens (tertiary/aromatic N) is 4. The van der Waals surface area contributed by atoms with E-state index in [9.17, 15) is 10.2 Å². The van der Waals surface area contributed by atoms with E-state index in [2.05, 4.69) is 70.5 Å². The summed E-state index contributed by atoms with van der Waals surface area (Å²) in [6.45, 7) is 10.1. The molecule has 0 aromatic heterocycles. The summed E-state index contributed by atoms with van der Waals surface area (Å²) in [7, 11) is 0. The Bertz CT molecular complexity index is 1060. The number of hydrogen-bond acceptors (Lipinski definition) is 4. The van der Waals surface area contributed by atoms with Gasteiger partial charge in [0, 0.05) is 13.1 Å². The Kier molecular flexibility index (Phi) is 20.0. The number of rotatable bonds is 4. The van der Waals surface area contributed by atoms with Crippen LogP contribution in [0.3, 0.4) is 0 Å². The normalized spacial score (nSPS) is 15.3. The minimum Gasteiger partial charge on any atom is -0.872 e. The molecule has 4 aromatic rings. The largest absolute Gasteiger partial charge is 4.00 e. The Balaban J connectivity index is 0.000000350. The third kappa shape index (κ3) is 17.8. The van der Waals surface area contributed by atoms with Crippen molar-refractivity contribution < 1.29 is 36.4 Å². The fourth-order valence-corrected chi connectivity index (χ4v) is 4.52. The first-order chi connectivity index (χ1) is 20.7. The van der Waals surface area contributed by atoms with E-state index in [4.69, 9.17) is 10.6 Å². The first kappa shape index (κ1) is 36.4. The van der Waals surface area contributed by atoms with Crippen molar-refractivity contribution in [1.82, 2.24) is 9.80 Å². The molecule has 224 valence electrons. The van der Waals surface area contributed by atoms with Gasteiger partial charge in [-0.25, -0.2) is 0 Å². The van der Waals surface area contributed by atoms with Crippen LogP contribution in [0, 0.1) is 0 Å². The van der Waals surface area contributed by atoms with E-state index in [1.807, 2.05) is 12.1 Å². The summed E-state index contributed by atoms with van der Waals surface area (Å²) in [6, 6.07) is 38.2. The molecule has 1 saturated heterocycles. The zero-order valence-electron chi connectivity index (χ0n) is 25.1. The van der Waals surface area contributed by atoms with E-state index in [0.29, 0.717) is 0 Å². The molecule has 6 nitrogen and oxygen atoms in total. The van der Waals surface area contributed by atoms with Crippen LogP contribution in [-0.2, 0) is 39.3 Å². The molecule has 0 aliphatic carbocycles. The van der Waals surface area contributed by atoms with Gasteiger partial charge in [-0.3, -0.25) is 0 Å². The summed E-state index contributed by atoms with van der Waals surface area (Å²) in [5.41, 5.74) is 2.77. The predicted octanol–water partition coefficient (Wildman–Crippen LogP) is 6.05. The Labute approximate surface area is 277 Å². The topological polar surface area (TPSA) is 80.8 Å². The molecule has 5 rings (SSSR count). The van der Waals surface area contributed by atoms with E-state index in [1.165, 1.54) is 35.4 Å². The molecule has 7 heteroatoms. The smallest absolute Gasteiger partial charge is 0.872 e.